The van der Waals surface area contributed by atoms with Gasteiger partial charge >= 0.3 is 0 Å². The minimum atomic E-state index is 0.380. The van der Waals surface area contributed by atoms with Gasteiger partial charge in [0.15, 0.2) is 11.6 Å². The number of nitrogens with two attached hydrogens (primary N) is 1. The maximum absolute atomic E-state index is 5.89. The van der Waals surface area contributed by atoms with Gasteiger partial charge in [-0.15, -0.1) is 0 Å². The first-order valence-electron chi connectivity index (χ1n) is 5.57. The van der Waals surface area contributed by atoms with E-state index in [0.717, 1.165) is 22.4 Å². The fourth-order valence-electron chi connectivity index (χ4n) is 1.95. The van der Waals surface area contributed by atoms with E-state index in [1.165, 1.54) is 0 Å². The monoisotopic (exact) mass is 240 g/mol. The summed E-state index contributed by atoms with van der Waals surface area (Å²) < 4.78 is 5.29. The van der Waals surface area contributed by atoms with Crippen molar-refractivity contribution in [1.82, 2.24) is 15.4 Å². The molecule has 0 aliphatic heterocycles. The van der Waals surface area contributed by atoms with Crippen molar-refractivity contribution < 1.29 is 4.52 Å². The van der Waals surface area contributed by atoms with Crippen LogP contribution in [0.2, 0.25) is 0 Å². The number of anilines is 1. The molecule has 18 heavy (non-hydrogen) atoms. The summed E-state index contributed by atoms with van der Waals surface area (Å²) in [6, 6.07) is 9.86. The Kier molecular flexibility index (Phi) is 2.37. The Morgan fingerprint density at radius 2 is 2.17 bits per heavy atom. The van der Waals surface area contributed by atoms with Gasteiger partial charge in [-0.3, -0.25) is 5.10 Å². The molecule has 0 spiro atoms. The molecule has 0 aliphatic carbocycles. The van der Waals surface area contributed by atoms with Crippen LogP contribution < -0.4 is 5.73 Å². The van der Waals surface area contributed by atoms with Crippen molar-refractivity contribution >= 4 is 5.82 Å². The second kappa shape index (κ2) is 4.03. The van der Waals surface area contributed by atoms with Crippen LogP contribution in [-0.4, -0.2) is 15.4 Å². The predicted molar refractivity (Wildman–Crippen MR) is 68.7 cm³/mol. The number of rotatable bonds is 2. The molecule has 0 aliphatic rings. The Morgan fingerprint density at radius 1 is 1.28 bits per heavy atom. The van der Waals surface area contributed by atoms with Crippen LogP contribution in [0.5, 0.6) is 0 Å². The number of aromatic nitrogens is 3. The third-order valence-corrected chi connectivity index (χ3v) is 2.77. The molecule has 0 fully saturated rings. The molecule has 2 heterocycles. The summed E-state index contributed by atoms with van der Waals surface area (Å²) in [5.41, 5.74) is 9.59. The number of H-pyrrole nitrogens is 1. The Balaban J connectivity index is 2.20. The standard InChI is InChI=1S/C13H12N4O/c1-8-3-2-4-9(7-8)11-12(18-17-13(11)14)10-5-6-15-16-10/h2-7H,1H3,(H2,14,17)(H,15,16). The lowest BCUT2D eigenvalue weighted by Crippen LogP contribution is -1.89. The molecule has 1 aromatic carbocycles. The van der Waals surface area contributed by atoms with E-state index in [4.69, 9.17) is 10.3 Å². The number of nitrogens with one attached hydrogen (secondary N) is 1. The average molecular weight is 240 g/mol. The normalized spacial score (nSPS) is 10.7. The van der Waals surface area contributed by atoms with Crippen molar-refractivity contribution in [3.05, 3.63) is 42.1 Å². The van der Waals surface area contributed by atoms with Crippen molar-refractivity contribution in [3.63, 3.8) is 0 Å². The van der Waals surface area contributed by atoms with Crippen LogP contribution in [0.3, 0.4) is 0 Å². The fourth-order valence-corrected chi connectivity index (χ4v) is 1.95. The van der Waals surface area contributed by atoms with Gasteiger partial charge in [0.05, 0.1) is 5.56 Å². The van der Waals surface area contributed by atoms with E-state index in [0.29, 0.717) is 11.6 Å². The molecule has 3 aromatic rings. The molecule has 0 amide bonds. The van der Waals surface area contributed by atoms with Gasteiger partial charge in [0, 0.05) is 6.20 Å². The van der Waals surface area contributed by atoms with E-state index in [2.05, 4.69) is 15.4 Å². The predicted octanol–water partition coefficient (Wildman–Crippen LogP) is 2.62. The second-order valence-electron chi connectivity index (χ2n) is 4.11. The third-order valence-electron chi connectivity index (χ3n) is 2.77. The SMILES string of the molecule is Cc1cccc(-c2c(N)noc2-c2ccn[nH]2)c1. The first-order valence-corrected chi connectivity index (χ1v) is 5.57. The highest BCUT2D eigenvalue weighted by molar-refractivity contribution is 5.85. The largest absolute Gasteiger partial charge is 0.380 e. The van der Waals surface area contributed by atoms with E-state index < -0.39 is 0 Å². The molecule has 5 heteroatoms. The van der Waals surface area contributed by atoms with E-state index in [9.17, 15) is 0 Å². The quantitative estimate of drug-likeness (QED) is 0.721. The highest BCUT2D eigenvalue weighted by atomic mass is 16.5. The smallest absolute Gasteiger partial charge is 0.194 e. The highest BCUT2D eigenvalue weighted by Gasteiger charge is 2.18. The summed E-state index contributed by atoms with van der Waals surface area (Å²) in [7, 11) is 0. The Hall–Kier alpha value is -2.56. The van der Waals surface area contributed by atoms with E-state index in [-0.39, 0.29) is 0 Å². The maximum atomic E-state index is 5.89. The minimum absolute atomic E-state index is 0.380. The van der Waals surface area contributed by atoms with Gasteiger partial charge in [0.2, 0.25) is 0 Å². The molecule has 0 saturated heterocycles. The number of benzene rings is 1. The molecule has 0 saturated carbocycles. The lowest BCUT2D eigenvalue weighted by atomic mass is 10.0. The lowest BCUT2D eigenvalue weighted by molar-refractivity contribution is 0.434. The van der Waals surface area contributed by atoms with Crippen molar-refractivity contribution in [2.75, 3.05) is 5.73 Å². The van der Waals surface area contributed by atoms with Crippen LogP contribution in [-0.2, 0) is 0 Å². The Morgan fingerprint density at radius 3 is 2.89 bits per heavy atom. The summed E-state index contributed by atoms with van der Waals surface area (Å²) >= 11 is 0. The van der Waals surface area contributed by atoms with Crippen LogP contribution in [0.1, 0.15) is 5.56 Å². The first kappa shape index (κ1) is 10.6. The zero-order chi connectivity index (χ0) is 12.5. The van der Waals surface area contributed by atoms with Crippen LogP contribution in [0.25, 0.3) is 22.6 Å². The van der Waals surface area contributed by atoms with Gasteiger partial charge in [-0.1, -0.05) is 35.0 Å². The molecule has 0 radical (unpaired) electrons. The highest BCUT2D eigenvalue weighted by Crippen LogP contribution is 2.35. The van der Waals surface area contributed by atoms with Gasteiger partial charge in [-0.2, -0.15) is 5.10 Å². The average Bonchev–Trinajstić information content (AvgIpc) is 2.97. The minimum Gasteiger partial charge on any atom is -0.380 e. The first-order chi connectivity index (χ1) is 8.75. The molecule has 5 nitrogen and oxygen atoms in total. The Labute approximate surface area is 104 Å². The lowest BCUT2D eigenvalue weighted by Gasteiger charge is -2.02. The van der Waals surface area contributed by atoms with Gasteiger partial charge in [0.1, 0.15) is 5.69 Å². The fraction of sp³-hybridized carbons (Fsp3) is 0.0769. The number of nitrogen functional groups attached to an aromatic ring is 1. The van der Waals surface area contributed by atoms with Crippen molar-refractivity contribution in [3.8, 4) is 22.6 Å². The summed E-state index contributed by atoms with van der Waals surface area (Å²) in [6.45, 7) is 2.03. The molecule has 0 atom stereocenters. The molecule has 3 N–H and O–H groups in total. The van der Waals surface area contributed by atoms with Crippen LogP contribution in [0.4, 0.5) is 5.82 Å². The molecule has 0 unspecified atom stereocenters. The molecule has 3 rings (SSSR count). The van der Waals surface area contributed by atoms with Crippen molar-refractivity contribution in [2.24, 2.45) is 0 Å². The zero-order valence-electron chi connectivity index (χ0n) is 9.84. The maximum Gasteiger partial charge on any atom is 0.194 e. The molecule has 0 bridgehead atoms. The van der Waals surface area contributed by atoms with Crippen LogP contribution in [0, 0.1) is 6.92 Å². The van der Waals surface area contributed by atoms with E-state index >= 15 is 0 Å². The number of nitrogens with zero attached hydrogens (tertiary/aromatic N) is 2. The topological polar surface area (TPSA) is 80.7 Å². The summed E-state index contributed by atoms with van der Waals surface area (Å²) in [6.07, 6.45) is 1.66. The molecule has 90 valence electrons. The van der Waals surface area contributed by atoms with E-state index in [1.54, 1.807) is 6.20 Å². The summed E-state index contributed by atoms with van der Waals surface area (Å²) in [5.74, 6) is 0.987. The van der Waals surface area contributed by atoms with Crippen molar-refractivity contribution in [1.29, 1.82) is 0 Å². The Bertz CT molecular complexity index is 670. The zero-order valence-corrected chi connectivity index (χ0v) is 9.84. The molecular weight excluding hydrogens is 228 g/mol. The van der Waals surface area contributed by atoms with Gasteiger partial charge in [-0.25, -0.2) is 0 Å². The molecule has 2 aromatic heterocycles. The third kappa shape index (κ3) is 1.66. The van der Waals surface area contributed by atoms with Gasteiger partial charge in [0.25, 0.3) is 0 Å². The van der Waals surface area contributed by atoms with Crippen LogP contribution >= 0.6 is 0 Å². The van der Waals surface area contributed by atoms with Crippen LogP contribution in [0.15, 0.2) is 41.1 Å². The number of hydrogen-bond donors (Lipinski definition) is 2. The number of aromatic amines is 1. The summed E-state index contributed by atoms with van der Waals surface area (Å²) in [5, 5.41) is 10.6. The summed E-state index contributed by atoms with van der Waals surface area (Å²) in [4.78, 5) is 0. The second-order valence-corrected chi connectivity index (χ2v) is 4.11. The number of hydrogen-bond acceptors (Lipinski definition) is 4. The van der Waals surface area contributed by atoms with Crippen molar-refractivity contribution in [2.45, 2.75) is 6.92 Å². The van der Waals surface area contributed by atoms with Gasteiger partial charge in [-0.05, 0) is 18.6 Å². The number of aryl methyl sites for hydroxylation is 1. The van der Waals surface area contributed by atoms with E-state index in [1.807, 2.05) is 37.3 Å². The van der Waals surface area contributed by atoms with Gasteiger partial charge < -0.3 is 10.3 Å². The molecular formula is C13H12N4O.